The maximum absolute atomic E-state index is 13.0. The number of nitrogens with one attached hydrogen (secondary N) is 1. The molecule has 1 amide bonds. The van der Waals surface area contributed by atoms with E-state index in [-0.39, 0.29) is 18.9 Å². The molecule has 1 fully saturated rings. The van der Waals surface area contributed by atoms with Crippen molar-refractivity contribution in [1.82, 2.24) is 5.32 Å². The van der Waals surface area contributed by atoms with Crippen LogP contribution in [-0.4, -0.2) is 87.5 Å². The highest BCUT2D eigenvalue weighted by Gasteiger charge is 2.44. The van der Waals surface area contributed by atoms with Crippen molar-refractivity contribution < 1.29 is 39.8 Å². The summed E-state index contributed by atoms with van der Waals surface area (Å²) in [5, 5.41) is 54.4. The summed E-state index contributed by atoms with van der Waals surface area (Å²) in [6.45, 7) is 3.62. The van der Waals surface area contributed by atoms with E-state index in [1.54, 1.807) is 6.08 Å². The normalized spacial score (nSPS) is 20.4. The van der Waals surface area contributed by atoms with Crippen molar-refractivity contribution in [2.75, 3.05) is 13.2 Å². The second kappa shape index (κ2) is 49.9. The monoisotopic (exact) mass is 988 g/mol. The third-order valence-electron chi connectivity index (χ3n) is 12.2. The number of aliphatic hydroxyl groups is 5. The molecule has 1 saturated heterocycles. The summed E-state index contributed by atoms with van der Waals surface area (Å²) in [5.41, 5.74) is 0. The predicted molar refractivity (Wildman–Crippen MR) is 299 cm³/mol. The highest BCUT2D eigenvalue weighted by Crippen LogP contribution is 2.22. The summed E-state index contributed by atoms with van der Waals surface area (Å²) in [4.78, 5) is 13.0. The van der Waals surface area contributed by atoms with Crippen molar-refractivity contribution in [1.29, 1.82) is 0 Å². The first kappa shape index (κ1) is 65.3. The Bertz CT molecular complexity index is 1570. The molecule has 0 aromatic heterocycles. The van der Waals surface area contributed by atoms with Crippen LogP contribution in [0.1, 0.15) is 194 Å². The van der Waals surface area contributed by atoms with Crippen molar-refractivity contribution in [2.24, 2.45) is 0 Å². The molecule has 7 unspecified atom stereocenters. The van der Waals surface area contributed by atoms with Crippen LogP contribution in [0.4, 0.5) is 0 Å². The van der Waals surface area contributed by atoms with Crippen LogP contribution < -0.4 is 5.32 Å². The minimum absolute atomic E-state index is 0.215. The molecule has 7 atom stereocenters. The molecule has 9 nitrogen and oxygen atoms in total. The molecule has 0 aliphatic carbocycles. The van der Waals surface area contributed by atoms with Crippen LogP contribution in [0.3, 0.4) is 0 Å². The molecule has 1 aliphatic heterocycles. The number of carbonyl (C=O) groups is 1. The molecule has 0 saturated carbocycles. The van der Waals surface area contributed by atoms with Crippen LogP contribution in [0.5, 0.6) is 0 Å². The number of amides is 1. The van der Waals surface area contributed by atoms with E-state index in [1.807, 2.05) is 6.08 Å². The second-order valence-electron chi connectivity index (χ2n) is 18.6. The lowest BCUT2D eigenvalue weighted by Gasteiger charge is -2.40. The van der Waals surface area contributed by atoms with E-state index < -0.39 is 49.5 Å². The third-order valence-corrected chi connectivity index (χ3v) is 12.2. The Morgan fingerprint density at radius 3 is 1.30 bits per heavy atom. The SMILES string of the molecule is CC/C=C\C/C=C\C/C=C\C/C=C\C/C=C\C/C=C\C/C=C\C/C=C\C/C=C\C/C=C\CCCCC(=O)NC(COC1OC(CO)C(O)C(O)C1O)C(O)/C=C/CCCCCCCCCCCCCCC. The van der Waals surface area contributed by atoms with Gasteiger partial charge in [-0.3, -0.25) is 4.79 Å². The maximum atomic E-state index is 13.0. The van der Waals surface area contributed by atoms with Gasteiger partial charge in [-0.05, 0) is 96.3 Å². The average molecular weight is 988 g/mol. The Morgan fingerprint density at radius 1 is 0.493 bits per heavy atom. The number of unbranched alkanes of at least 4 members (excludes halogenated alkanes) is 15. The third kappa shape index (κ3) is 39.5. The van der Waals surface area contributed by atoms with Gasteiger partial charge in [0.15, 0.2) is 6.29 Å². The van der Waals surface area contributed by atoms with E-state index in [4.69, 9.17) is 9.47 Å². The lowest BCUT2D eigenvalue weighted by Crippen LogP contribution is -2.60. The Morgan fingerprint density at radius 2 is 0.873 bits per heavy atom. The van der Waals surface area contributed by atoms with Gasteiger partial charge in [0.25, 0.3) is 0 Å². The van der Waals surface area contributed by atoms with Crippen molar-refractivity contribution in [2.45, 2.75) is 236 Å². The first-order chi connectivity index (χ1) is 34.8. The first-order valence-corrected chi connectivity index (χ1v) is 27.9. The molecule has 0 radical (unpaired) electrons. The van der Waals surface area contributed by atoms with Crippen LogP contribution in [0.15, 0.2) is 134 Å². The highest BCUT2D eigenvalue weighted by molar-refractivity contribution is 5.76. The number of hydrogen-bond donors (Lipinski definition) is 6. The van der Waals surface area contributed by atoms with Gasteiger partial charge in [0.1, 0.15) is 24.4 Å². The fourth-order valence-electron chi connectivity index (χ4n) is 7.83. The van der Waals surface area contributed by atoms with Gasteiger partial charge in [0.05, 0.1) is 25.4 Å². The summed E-state index contributed by atoms with van der Waals surface area (Å²) in [6.07, 6.45) is 69.3. The summed E-state index contributed by atoms with van der Waals surface area (Å²) in [5.74, 6) is -0.225. The lowest BCUT2D eigenvalue weighted by atomic mass is 9.99. The summed E-state index contributed by atoms with van der Waals surface area (Å²) in [7, 11) is 0. The van der Waals surface area contributed by atoms with E-state index in [2.05, 4.69) is 141 Å². The lowest BCUT2D eigenvalue weighted by molar-refractivity contribution is -0.302. The van der Waals surface area contributed by atoms with Crippen LogP contribution in [-0.2, 0) is 14.3 Å². The number of ether oxygens (including phenoxy) is 2. The van der Waals surface area contributed by atoms with Crippen molar-refractivity contribution >= 4 is 5.91 Å². The molecular weight excluding hydrogens is 887 g/mol. The fraction of sp³-hybridized carbons (Fsp3) is 0.629. The molecule has 0 spiro atoms. The molecule has 1 heterocycles. The molecule has 1 rings (SSSR count). The summed E-state index contributed by atoms with van der Waals surface area (Å²) >= 11 is 0. The van der Waals surface area contributed by atoms with Gasteiger partial charge >= 0.3 is 0 Å². The van der Waals surface area contributed by atoms with E-state index >= 15 is 0 Å². The van der Waals surface area contributed by atoms with Crippen LogP contribution in [0.25, 0.3) is 0 Å². The van der Waals surface area contributed by atoms with Crippen LogP contribution in [0.2, 0.25) is 0 Å². The molecule has 0 aromatic carbocycles. The minimum atomic E-state index is -1.58. The molecular formula is C62H101NO8. The van der Waals surface area contributed by atoms with Crippen molar-refractivity contribution in [3.8, 4) is 0 Å². The Labute approximate surface area is 432 Å². The molecule has 6 N–H and O–H groups in total. The number of rotatable bonds is 45. The number of allylic oxidation sites excluding steroid dienone is 21. The topological polar surface area (TPSA) is 149 Å². The molecule has 71 heavy (non-hydrogen) atoms. The van der Waals surface area contributed by atoms with Gasteiger partial charge in [-0.15, -0.1) is 0 Å². The molecule has 1 aliphatic rings. The van der Waals surface area contributed by atoms with Gasteiger partial charge in [0.2, 0.25) is 5.91 Å². The predicted octanol–water partition coefficient (Wildman–Crippen LogP) is 13.7. The zero-order valence-corrected chi connectivity index (χ0v) is 44.4. The zero-order valence-electron chi connectivity index (χ0n) is 44.4. The van der Waals surface area contributed by atoms with Gasteiger partial charge in [-0.2, -0.15) is 0 Å². The number of aliphatic hydroxyl groups excluding tert-OH is 5. The second-order valence-corrected chi connectivity index (χ2v) is 18.6. The van der Waals surface area contributed by atoms with E-state index in [1.165, 1.54) is 70.6 Å². The largest absolute Gasteiger partial charge is 0.394 e. The first-order valence-electron chi connectivity index (χ1n) is 27.9. The van der Waals surface area contributed by atoms with Crippen LogP contribution in [0, 0.1) is 0 Å². The minimum Gasteiger partial charge on any atom is -0.394 e. The van der Waals surface area contributed by atoms with Crippen molar-refractivity contribution in [3.63, 3.8) is 0 Å². The van der Waals surface area contributed by atoms with Gasteiger partial charge < -0.3 is 40.3 Å². The Kier molecular flexibility index (Phi) is 45.9. The molecule has 0 aromatic rings. The Balaban J connectivity index is 2.29. The zero-order chi connectivity index (χ0) is 51.5. The van der Waals surface area contributed by atoms with Crippen LogP contribution >= 0.6 is 0 Å². The highest BCUT2D eigenvalue weighted by atomic mass is 16.7. The van der Waals surface area contributed by atoms with Gasteiger partial charge in [-0.25, -0.2) is 0 Å². The quantitative estimate of drug-likeness (QED) is 0.0261. The summed E-state index contributed by atoms with van der Waals surface area (Å²) in [6, 6.07) is -0.838. The summed E-state index contributed by atoms with van der Waals surface area (Å²) < 4.78 is 11.2. The van der Waals surface area contributed by atoms with Crippen molar-refractivity contribution in [3.05, 3.63) is 134 Å². The maximum Gasteiger partial charge on any atom is 0.220 e. The number of hydrogen-bond acceptors (Lipinski definition) is 8. The molecule has 402 valence electrons. The average Bonchev–Trinajstić information content (AvgIpc) is 3.37. The van der Waals surface area contributed by atoms with E-state index in [0.717, 1.165) is 96.3 Å². The van der Waals surface area contributed by atoms with E-state index in [9.17, 15) is 30.3 Å². The fourth-order valence-corrected chi connectivity index (χ4v) is 7.83. The molecule has 0 bridgehead atoms. The number of carbonyl (C=O) groups excluding carboxylic acids is 1. The van der Waals surface area contributed by atoms with E-state index in [0.29, 0.717) is 6.42 Å². The molecule has 9 heteroatoms. The standard InChI is InChI=1S/C62H101NO8/c1-3-5-7-9-11-13-15-17-19-20-21-22-23-24-25-26-27-28-29-30-31-32-33-34-35-36-38-40-42-44-46-48-50-52-58(66)63-55(54-70-62-61(69)60(68)59(67)57(53-64)71-62)56(65)51-49-47-45-43-41-39-37-18-16-14-12-10-8-6-4-2/h5,7,11,13,17,19,21-22,24-25,27-28,30-31,33-34,36,38,42,44,49,51,55-57,59-62,64-65,67-69H,3-4,6,8-10,12,14-16,18,20,23,26,29,32,35,37,39-41,43,45-48,50,52-54H2,1-2H3,(H,63,66)/b7-5-,13-11-,19-17-,22-21-,25-24-,28-27-,31-30-,34-33-,38-36-,44-42-,51-49+. The smallest absolute Gasteiger partial charge is 0.220 e. The van der Waals surface area contributed by atoms with Gasteiger partial charge in [0, 0.05) is 6.42 Å². The van der Waals surface area contributed by atoms with Gasteiger partial charge in [-0.1, -0.05) is 225 Å². The Hall–Kier alpha value is -3.67.